The van der Waals surface area contributed by atoms with E-state index in [0.717, 1.165) is 16.1 Å². The summed E-state index contributed by atoms with van der Waals surface area (Å²) in [5.74, 6) is 0. The van der Waals surface area contributed by atoms with Gasteiger partial charge in [-0.2, -0.15) is 4.98 Å². The van der Waals surface area contributed by atoms with Crippen LogP contribution < -0.4 is 5.69 Å². The summed E-state index contributed by atoms with van der Waals surface area (Å²) in [6, 6.07) is 14.9. The molecule has 0 bridgehead atoms. The molecular weight excluding hydrogens is 330 g/mol. The Morgan fingerprint density at radius 2 is 1.91 bits per heavy atom. The summed E-state index contributed by atoms with van der Waals surface area (Å²) in [6.07, 6.45) is 1.70. The van der Waals surface area contributed by atoms with E-state index < -0.39 is 0 Å². The van der Waals surface area contributed by atoms with Crippen LogP contribution in [0.1, 0.15) is 0 Å². The third kappa shape index (κ3) is 2.44. The van der Waals surface area contributed by atoms with Crippen molar-refractivity contribution in [2.75, 3.05) is 0 Å². The second kappa shape index (κ2) is 5.61. The van der Waals surface area contributed by atoms with Gasteiger partial charge in [0.25, 0.3) is 0 Å². The number of aromatic nitrogens is 3. The number of benzene rings is 2. The molecule has 4 rings (SSSR count). The van der Waals surface area contributed by atoms with Gasteiger partial charge in [-0.05, 0) is 30.3 Å². The van der Waals surface area contributed by atoms with Crippen molar-refractivity contribution in [2.45, 2.75) is 0 Å². The highest BCUT2D eigenvalue weighted by atomic mass is 35.5. The summed E-state index contributed by atoms with van der Waals surface area (Å²) in [7, 11) is 0. The number of nitrogens with zero attached hydrogens (tertiary/aromatic N) is 3. The monoisotopic (exact) mass is 339 g/mol. The molecule has 0 aliphatic heterocycles. The zero-order chi connectivity index (χ0) is 15.8. The summed E-state index contributed by atoms with van der Waals surface area (Å²) in [5, 5.41) is 3.99. The first-order valence-corrected chi connectivity index (χ1v) is 8.17. The Bertz CT molecular complexity index is 1040. The molecule has 0 saturated heterocycles. The molecule has 0 unspecified atom stereocenters. The molecule has 6 heteroatoms. The lowest BCUT2D eigenvalue weighted by atomic mass is 10.1. The van der Waals surface area contributed by atoms with Crippen molar-refractivity contribution >= 4 is 33.8 Å². The van der Waals surface area contributed by atoms with Gasteiger partial charge < -0.3 is 0 Å². The average Bonchev–Trinajstić information content (AvgIpc) is 3.09. The van der Waals surface area contributed by atoms with Crippen LogP contribution in [0.25, 0.3) is 27.3 Å². The van der Waals surface area contributed by atoms with Gasteiger partial charge in [-0.1, -0.05) is 29.8 Å². The van der Waals surface area contributed by atoms with Crippen molar-refractivity contribution in [1.29, 1.82) is 0 Å². The second-order valence-corrected chi connectivity index (χ2v) is 6.24. The SMILES string of the molecule is O=c1nc(-c2nccs2)c2ccc(Cl)cc2n1-c1ccccc1. The Balaban J connectivity index is 2.14. The van der Waals surface area contributed by atoms with Crippen LogP contribution in [0.4, 0.5) is 0 Å². The van der Waals surface area contributed by atoms with Crippen molar-refractivity contribution < 1.29 is 0 Å². The molecule has 0 aliphatic rings. The van der Waals surface area contributed by atoms with Gasteiger partial charge in [0.15, 0.2) is 0 Å². The summed E-state index contributed by atoms with van der Waals surface area (Å²) < 4.78 is 1.57. The smallest absolute Gasteiger partial charge is 0.260 e. The number of fused-ring (bicyclic) bond motifs is 1. The van der Waals surface area contributed by atoms with Crippen molar-refractivity contribution in [3.05, 3.63) is 75.6 Å². The van der Waals surface area contributed by atoms with Crippen molar-refractivity contribution in [1.82, 2.24) is 14.5 Å². The number of hydrogen-bond donors (Lipinski definition) is 0. The van der Waals surface area contributed by atoms with Gasteiger partial charge in [-0.15, -0.1) is 11.3 Å². The van der Waals surface area contributed by atoms with Crippen LogP contribution in [-0.2, 0) is 0 Å². The second-order valence-electron chi connectivity index (χ2n) is 4.91. The average molecular weight is 340 g/mol. The van der Waals surface area contributed by atoms with Crippen molar-refractivity contribution in [3.8, 4) is 16.4 Å². The molecule has 0 saturated carbocycles. The number of thiazole rings is 1. The number of halogens is 1. The van der Waals surface area contributed by atoms with E-state index in [1.54, 1.807) is 22.9 Å². The molecule has 0 fully saturated rings. The Kier molecular flexibility index (Phi) is 3.44. The molecule has 2 heterocycles. The van der Waals surface area contributed by atoms with Crippen molar-refractivity contribution in [3.63, 3.8) is 0 Å². The van der Waals surface area contributed by atoms with E-state index in [4.69, 9.17) is 11.6 Å². The first kappa shape index (κ1) is 14.1. The van der Waals surface area contributed by atoms with E-state index >= 15 is 0 Å². The largest absolute Gasteiger partial charge is 0.353 e. The molecule has 2 aromatic heterocycles. The topological polar surface area (TPSA) is 47.8 Å². The molecule has 0 spiro atoms. The number of rotatable bonds is 2. The standard InChI is InChI=1S/C17H10ClN3OS/c18-11-6-7-13-14(10-11)21(12-4-2-1-3-5-12)17(22)20-15(13)16-19-8-9-23-16/h1-10H. The first-order chi connectivity index (χ1) is 11.2. The van der Waals surface area contributed by atoms with Gasteiger partial charge in [0.2, 0.25) is 0 Å². The summed E-state index contributed by atoms with van der Waals surface area (Å²) in [6.45, 7) is 0. The molecule has 0 aliphatic carbocycles. The van der Waals surface area contributed by atoms with Gasteiger partial charge in [0, 0.05) is 22.0 Å². The molecule has 23 heavy (non-hydrogen) atoms. The van der Waals surface area contributed by atoms with Gasteiger partial charge in [0.05, 0.1) is 11.2 Å². The third-order valence-corrected chi connectivity index (χ3v) is 4.52. The van der Waals surface area contributed by atoms with E-state index in [1.165, 1.54) is 11.3 Å². The lowest BCUT2D eigenvalue weighted by molar-refractivity contribution is 0.962. The zero-order valence-corrected chi connectivity index (χ0v) is 13.4. The van der Waals surface area contributed by atoms with Crippen molar-refractivity contribution in [2.24, 2.45) is 0 Å². The maximum Gasteiger partial charge on any atom is 0.353 e. The fourth-order valence-corrected chi connectivity index (χ4v) is 3.33. The van der Waals surface area contributed by atoms with Gasteiger partial charge in [0.1, 0.15) is 10.7 Å². The molecule has 4 nitrogen and oxygen atoms in total. The van der Waals surface area contributed by atoms with Crippen LogP contribution in [0.2, 0.25) is 5.02 Å². The van der Waals surface area contributed by atoms with Crippen LogP contribution >= 0.6 is 22.9 Å². The summed E-state index contributed by atoms with van der Waals surface area (Å²) >= 11 is 7.61. The lowest BCUT2D eigenvalue weighted by Crippen LogP contribution is -2.22. The zero-order valence-electron chi connectivity index (χ0n) is 11.8. The van der Waals surface area contributed by atoms with E-state index in [2.05, 4.69) is 9.97 Å². The van der Waals surface area contributed by atoms with Crippen LogP contribution in [0.15, 0.2) is 64.9 Å². The number of para-hydroxylation sites is 1. The van der Waals surface area contributed by atoms with E-state index in [-0.39, 0.29) is 5.69 Å². The highest BCUT2D eigenvalue weighted by Gasteiger charge is 2.15. The normalized spacial score (nSPS) is 11.0. The Labute approximate surface area is 140 Å². The fourth-order valence-electron chi connectivity index (χ4n) is 2.53. The van der Waals surface area contributed by atoms with Gasteiger partial charge in [-0.3, -0.25) is 4.57 Å². The highest BCUT2D eigenvalue weighted by molar-refractivity contribution is 7.13. The highest BCUT2D eigenvalue weighted by Crippen LogP contribution is 2.29. The minimum atomic E-state index is -0.351. The van der Waals surface area contributed by atoms with E-state index in [0.29, 0.717) is 16.2 Å². The van der Waals surface area contributed by atoms with Crippen LogP contribution in [-0.4, -0.2) is 14.5 Å². The third-order valence-electron chi connectivity index (χ3n) is 3.50. The molecule has 112 valence electrons. The fraction of sp³-hybridized carbons (Fsp3) is 0. The van der Waals surface area contributed by atoms with E-state index in [1.807, 2.05) is 41.8 Å². The first-order valence-electron chi connectivity index (χ1n) is 6.91. The molecule has 0 atom stereocenters. The number of hydrogen-bond acceptors (Lipinski definition) is 4. The molecule has 0 amide bonds. The molecule has 0 radical (unpaired) electrons. The Hall–Kier alpha value is -2.50. The quantitative estimate of drug-likeness (QED) is 0.551. The summed E-state index contributed by atoms with van der Waals surface area (Å²) in [4.78, 5) is 21.2. The molecular formula is C17H10ClN3OS. The minimum Gasteiger partial charge on any atom is -0.260 e. The Morgan fingerprint density at radius 3 is 2.65 bits per heavy atom. The van der Waals surface area contributed by atoms with Crippen LogP contribution in [0.5, 0.6) is 0 Å². The maximum absolute atomic E-state index is 12.6. The molecule has 4 aromatic rings. The maximum atomic E-state index is 12.6. The Morgan fingerprint density at radius 1 is 1.09 bits per heavy atom. The van der Waals surface area contributed by atoms with Gasteiger partial charge >= 0.3 is 5.69 Å². The van der Waals surface area contributed by atoms with Gasteiger partial charge in [-0.25, -0.2) is 9.78 Å². The predicted octanol–water partition coefficient (Wildman–Crippen LogP) is 4.16. The molecule has 0 N–H and O–H groups in total. The molecule has 2 aromatic carbocycles. The minimum absolute atomic E-state index is 0.351. The van der Waals surface area contributed by atoms with Crippen LogP contribution in [0.3, 0.4) is 0 Å². The van der Waals surface area contributed by atoms with E-state index in [9.17, 15) is 4.79 Å². The van der Waals surface area contributed by atoms with Crippen LogP contribution in [0, 0.1) is 0 Å². The summed E-state index contributed by atoms with van der Waals surface area (Å²) in [5.41, 5.74) is 1.71. The lowest BCUT2D eigenvalue weighted by Gasteiger charge is -2.12. The predicted molar refractivity (Wildman–Crippen MR) is 93.5 cm³/mol.